The molecule has 1 saturated heterocycles. The highest BCUT2D eigenvalue weighted by atomic mass is 32.2. The maximum Gasteiger partial charge on any atom is 0.573 e. The minimum atomic E-state index is -4.93. The molecule has 1 amide bonds. The molecule has 2 heterocycles. The van der Waals surface area contributed by atoms with Gasteiger partial charge in [0.2, 0.25) is 15.9 Å². The Morgan fingerprint density at radius 1 is 1.08 bits per heavy atom. The number of fused-ring (bicyclic) bond motifs is 1. The van der Waals surface area contributed by atoms with Gasteiger partial charge < -0.3 is 15.8 Å². The van der Waals surface area contributed by atoms with E-state index in [-0.39, 0.29) is 23.9 Å². The number of ether oxygens (including phenoxy) is 1. The van der Waals surface area contributed by atoms with Crippen LogP contribution in [0, 0.1) is 5.92 Å². The lowest BCUT2D eigenvalue weighted by Gasteiger charge is -2.33. The summed E-state index contributed by atoms with van der Waals surface area (Å²) in [5.41, 5.74) is 6.26. The fourth-order valence-electron chi connectivity index (χ4n) is 4.33. The van der Waals surface area contributed by atoms with Crippen molar-refractivity contribution in [3.63, 3.8) is 0 Å². The standard InChI is InChI=1S/C25H29F3N6O4S/c1-16(2)22(23(29)35)32-24-19-8-3-4-9-20(19)30-21(31-24)15-33-10-12-34(13-11-33)39(36,37)18-7-5-6-17(14-18)38-25(26,27)28/h3-9,14,16,22H,10-13,15H2,1-2H3,(H2,29,35)(H,30,31,32)/t22-/m0/s1. The van der Waals surface area contributed by atoms with Crippen LogP contribution in [0.1, 0.15) is 19.7 Å². The lowest BCUT2D eigenvalue weighted by atomic mass is 10.0. The number of nitrogens with two attached hydrogens (primary N) is 1. The predicted octanol–water partition coefficient (Wildman–Crippen LogP) is 2.96. The van der Waals surface area contributed by atoms with Crippen LogP contribution in [0.5, 0.6) is 5.75 Å². The Kier molecular flexibility index (Phi) is 8.28. The molecular weight excluding hydrogens is 537 g/mol. The van der Waals surface area contributed by atoms with Gasteiger partial charge in [0, 0.05) is 37.6 Å². The quantitative estimate of drug-likeness (QED) is 0.404. The number of piperazine rings is 1. The van der Waals surface area contributed by atoms with Crippen molar-refractivity contribution in [3.05, 3.63) is 54.4 Å². The predicted molar refractivity (Wildman–Crippen MR) is 138 cm³/mol. The second-order valence-corrected chi connectivity index (χ2v) is 11.4. The number of rotatable bonds is 9. The third-order valence-corrected chi connectivity index (χ3v) is 8.18. The van der Waals surface area contributed by atoms with Gasteiger partial charge in [-0.15, -0.1) is 13.2 Å². The van der Waals surface area contributed by atoms with Crippen LogP contribution < -0.4 is 15.8 Å². The number of carbonyl (C=O) groups is 1. The van der Waals surface area contributed by atoms with E-state index in [4.69, 9.17) is 5.73 Å². The summed E-state index contributed by atoms with van der Waals surface area (Å²) in [6.45, 7) is 5.04. The smallest absolute Gasteiger partial charge is 0.406 e. The molecule has 2 aromatic carbocycles. The summed E-state index contributed by atoms with van der Waals surface area (Å²) < 4.78 is 68.9. The van der Waals surface area contributed by atoms with E-state index in [0.29, 0.717) is 36.8 Å². The van der Waals surface area contributed by atoms with Crippen molar-refractivity contribution < 1.29 is 31.1 Å². The molecule has 0 aliphatic carbocycles. The van der Waals surface area contributed by atoms with Crippen molar-refractivity contribution >= 4 is 32.7 Å². The molecular formula is C25H29F3N6O4S. The first-order valence-corrected chi connectivity index (χ1v) is 13.7. The molecule has 1 aromatic heterocycles. The first-order chi connectivity index (χ1) is 18.3. The summed E-state index contributed by atoms with van der Waals surface area (Å²) >= 11 is 0. The van der Waals surface area contributed by atoms with Crippen molar-refractivity contribution in [1.29, 1.82) is 0 Å². The number of aromatic nitrogens is 2. The maximum atomic E-state index is 13.1. The van der Waals surface area contributed by atoms with E-state index in [1.807, 2.05) is 43.0 Å². The van der Waals surface area contributed by atoms with Crippen LogP contribution in [0.25, 0.3) is 10.9 Å². The Labute approximate surface area is 224 Å². The lowest BCUT2D eigenvalue weighted by Crippen LogP contribution is -2.48. The Morgan fingerprint density at radius 2 is 1.77 bits per heavy atom. The van der Waals surface area contributed by atoms with Crippen molar-refractivity contribution in [1.82, 2.24) is 19.2 Å². The Morgan fingerprint density at radius 3 is 2.41 bits per heavy atom. The molecule has 0 spiro atoms. The fraction of sp³-hybridized carbons (Fsp3) is 0.400. The number of halogens is 3. The summed E-state index contributed by atoms with van der Waals surface area (Å²) in [5, 5.41) is 3.89. The van der Waals surface area contributed by atoms with Gasteiger partial charge >= 0.3 is 6.36 Å². The van der Waals surface area contributed by atoms with Crippen LogP contribution in [-0.4, -0.2) is 72.1 Å². The normalized spacial score (nSPS) is 16.4. The molecule has 1 atom stereocenters. The summed E-state index contributed by atoms with van der Waals surface area (Å²) in [4.78, 5) is 23.0. The van der Waals surface area contributed by atoms with E-state index < -0.39 is 34.1 Å². The first kappa shape index (κ1) is 28.5. The van der Waals surface area contributed by atoms with Gasteiger partial charge in [0.15, 0.2) is 0 Å². The van der Waals surface area contributed by atoms with Crippen molar-refractivity contribution in [2.24, 2.45) is 11.7 Å². The summed E-state index contributed by atoms with van der Waals surface area (Å²) in [6.07, 6.45) is -4.93. The van der Waals surface area contributed by atoms with Crippen LogP contribution in [-0.2, 0) is 21.4 Å². The molecule has 0 bridgehead atoms. The van der Waals surface area contributed by atoms with E-state index in [9.17, 15) is 26.4 Å². The van der Waals surface area contributed by atoms with Gasteiger partial charge in [-0.05, 0) is 30.2 Å². The zero-order valence-electron chi connectivity index (χ0n) is 21.4. The maximum absolute atomic E-state index is 13.1. The summed E-state index contributed by atoms with van der Waals surface area (Å²) in [5.74, 6) is -0.208. The van der Waals surface area contributed by atoms with Crippen LogP contribution in [0.3, 0.4) is 0 Å². The van der Waals surface area contributed by atoms with E-state index in [1.165, 1.54) is 16.4 Å². The van der Waals surface area contributed by atoms with E-state index in [1.54, 1.807) is 0 Å². The van der Waals surface area contributed by atoms with Crippen molar-refractivity contribution in [3.8, 4) is 5.75 Å². The van der Waals surface area contributed by atoms with Gasteiger partial charge in [0.25, 0.3) is 0 Å². The van der Waals surface area contributed by atoms with Crippen LogP contribution in [0.2, 0.25) is 0 Å². The Bertz CT molecular complexity index is 1440. The molecule has 14 heteroatoms. The minimum Gasteiger partial charge on any atom is -0.406 e. The molecule has 1 aliphatic rings. The molecule has 1 fully saturated rings. The second-order valence-electron chi connectivity index (χ2n) is 9.48. The van der Waals surface area contributed by atoms with Crippen molar-refractivity contribution in [2.75, 3.05) is 31.5 Å². The number of hydrogen-bond acceptors (Lipinski definition) is 8. The minimum absolute atomic E-state index is 0.0737. The Hall–Kier alpha value is -3.49. The van der Waals surface area contributed by atoms with Gasteiger partial charge in [-0.1, -0.05) is 32.0 Å². The van der Waals surface area contributed by atoms with Crippen LogP contribution in [0.4, 0.5) is 19.0 Å². The topological polar surface area (TPSA) is 131 Å². The number of para-hydroxylation sites is 1. The SMILES string of the molecule is CC(C)[C@H](Nc1nc(CN2CCN(S(=O)(=O)c3cccc(OC(F)(F)F)c3)CC2)nc2ccccc12)C(N)=O. The molecule has 3 aromatic rings. The molecule has 1 aliphatic heterocycles. The second kappa shape index (κ2) is 11.3. The number of primary amides is 1. The number of benzene rings is 2. The third kappa shape index (κ3) is 6.94. The van der Waals surface area contributed by atoms with Gasteiger partial charge in [-0.25, -0.2) is 18.4 Å². The average molecular weight is 567 g/mol. The molecule has 3 N–H and O–H groups in total. The number of hydrogen-bond donors (Lipinski definition) is 2. The highest BCUT2D eigenvalue weighted by molar-refractivity contribution is 7.89. The first-order valence-electron chi connectivity index (χ1n) is 12.2. The largest absolute Gasteiger partial charge is 0.573 e. The number of carbonyl (C=O) groups excluding carboxylic acids is 1. The number of amides is 1. The number of sulfonamides is 1. The number of nitrogens with one attached hydrogen (secondary N) is 1. The van der Waals surface area contributed by atoms with Gasteiger partial charge in [-0.3, -0.25) is 9.69 Å². The molecule has 0 radical (unpaired) electrons. The number of alkyl halides is 3. The lowest BCUT2D eigenvalue weighted by molar-refractivity contribution is -0.274. The summed E-state index contributed by atoms with van der Waals surface area (Å²) in [7, 11) is -4.03. The average Bonchev–Trinajstić information content (AvgIpc) is 2.86. The molecule has 4 rings (SSSR count). The highest BCUT2D eigenvalue weighted by Crippen LogP contribution is 2.27. The number of nitrogens with zero attached hydrogens (tertiary/aromatic N) is 4. The van der Waals surface area contributed by atoms with Gasteiger partial charge in [0.1, 0.15) is 23.4 Å². The zero-order chi connectivity index (χ0) is 28.4. The van der Waals surface area contributed by atoms with Gasteiger partial charge in [0.05, 0.1) is 17.0 Å². The monoisotopic (exact) mass is 566 g/mol. The molecule has 0 saturated carbocycles. The molecule has 0 unspecified atom stereocenters. The van der Waals surface area contributed by atoms with E-state index in [0.717, 1.165) is 17.5 Å². The highest BCUT2D eigenvalue weighted by Gasteiger charge is 2.33. The molecule has 10 nitrogen and oxygen atoms in total. The Balaban J connectivity index is 1.47. The van der Waals surface area contributed by atoms with Crippen LogP contribution in [0.15, 0.2) is 53.4 Å². The van der Waals surface area contributed by atoms with Gasteiger partial charge in [-0.2, -0.15) is 4.31 Å². The van der Waals surface area contributed by atoms with Crippen LogP contribution >= 0.6 is 0 Å². The fourth-order valence-corrected chi connectivity index (χ4v) is 5.79. The molecule has 210 valence electrons. The van der Waals surface area contributed by atoms with E-state index >= 15 is 0 Å². The van der Waals surface area contributed by atoms with E-state index in [2.05, 4.69) is 20.0 Å². The zero-order valence-corrected chi connectivity index (χ0v) is 22.2. The third-order valence-electron chi connectivity index (χ3n) is 6.29. The molecule has 39 heavy (non-hydrogen) atoms. The number of anilines is 1. The summed E-state index contributed by atoms with van der Waals surface area (Å²) in [6, 6.07) is 11.1. The van der Waals surface area contributed by atoms with Crippen molar-refractivity contribution in [2.45, 2.75) is 37.7 Å².